The fraction of sp³-hybridized carbons (Fsp3) is 0.786. The van der Waals surface area contributed by atoms with Crippen LogP contribution in [0.1, 0.15) is 45.0 Å². The summed E-state index contributed by atoms with van der Waals surface area (Å²) in [6.45, 7) is 9.20. The topological polar surface area (TPSA) is 48.3 Å². The molecule has 1 aromatic heterocycles. The fourth-order valence-corrected chi connectivity index (χ4v) is 2.53. The first-order valence-electron chi connectivity index (χ1n) is 7.14. The van der Waals surface area contributed by atoms with Crippen LogP contribution in [0.3, 0.4) is 0 Å². The highest BCUT2D eigenvalue weighted by Gasteiger charge is 2.21. The molecular formula is C14H26BrN3O2. The predicted octanol–water partition coefficient (Wildman–Crippen LogP) is 2.93. The summed E-state index contributed by atoms with van der Waals surface area (Å²) in [6.07, 6.45) is 2.94. The Morgan fingerprint density at radius 3 is 2.75 bits per heavy atom. The van der Waals surface area contributed by atoms with E-state index in [1.165, 1.54) is 0 Å². The van der Waals surface area contributed by atoms with E-state index < -0.39 is 0 Å². The summed E-state index contributed by atoms with van der Waals surface area (Å²) in [5.41, 5.74) is 1.14. The number of nitrogens with zero attached hydrogens (tertiary/aromatic N) is 2. The molecule has 20 heavy (non-hydrogen) atoms. The zero-order valence-corrected chi connectivity index (χ0v) is 14.4. The van der Waals surface area contributed by atoms with E-state index >= 15 is 0 Å². The Balaban J connectivity index is 2.78. The number of hydrogen-bond donors (Lipinski definition) is 1. The third-order valence-corrected chi connectivity index (χ3v) is 3.57. The van der Waals surface area contributed by atoms with Gasteiger partial charge >= 0.3 is 0 Å². The molecule has 0 aromatic carbocycles. The molecule has 1 heterocycles. The molecule has 0 bridgehead atoms. The summed E-state index contributed by atoms with van der Waals surface area (Å²) < 4.78 is 13.8. The lowest BCUT2D eigenvalue weighted by Gasteiger charge is -2.22. The molecule has 1 N–H and O–H groups in total. The molecule has 0 aliphatic heterocycles. The van der Waals surface area contributed by atoms with E-state index in [1.807, 2.05) is 10.9 Å². The van der Waals surface area contributed by atoms with E-state index in [9.17, 15) is 0 Å². The van der Waals surface area contributed by atoms with Crippen LogP contribution in [0.4, 0.5) is 0 Å². The second-order valence-corrected chi connectivity index (χ2v) is 5.84. The van der Waals surface area contributed by atoms with Crippen molar-refractivity contribution in [2.45, 2.75) is 39.3 Å². The van der Waals surface area contributed by atoms with Gasteiger partial charge in [-0.15, -0.1) is 0 Å². The van der Waals surface area contributed by atoms with Gasteiger partial charge in [0.15, 0.2) is 0 Å². The lowest BCUT2D eigenvalue weighted by atomic mass is 10.2. The number of nitrogens with one attached hydrogen (secondary N) is 1. The zero-order chi connectivity index (χ0) is 15.0. The van der Waals surface area contributed by atoms with Crippen LogP contribution in [0.5, 0.6) is 0 Å². The van der Waals surface area contributed by atoms with Crippen LogP contribution in [0.2, 0.25) is 0 Å². The second-order valence-electron chi connectivity index (χ2n) is 4.99. The quantitative estimate of drug-likeness (QED) is 0.661. The Bertz CT molecular complexity index is 382. The van der Waals surface area contributed by atoms with Gasteiger partial charge in [0.1, 0.15) is 0 Å². The van der Waals surface area contributed by atoms with Crippen molar-refractivity contribution < 1.29 is 9.47 Å². The highest BCUT2D eigenvalue weighted by atomic mass is 79.9. The summed E-state index contributed by atoms with van der Waals surface area (Å²) >= 11 is 3.60. The minimum Gasteiger partial charge on any atom is -0.382 e. The normalized spacial score (nSPS) is 13.1. The molecule has 0 fully saturated rings. The molecule has 1 atom stereocenters. The van der Waals surface area contributed by atoms with Gasteiger partial charge in [0.05, 0.1) is 42.2 Å². The van der Waals surface area contributed by atoms with E-state index in [0.29, 0.717) is 25.9 Å². The smallest absolute Gasteiger partial charge is 0.0741 e. The summed E-state index contributed by atoms with van der Waals surface area (Å²) in [7, 11) is 1.68. The SMILES string of the molecule is CCCNC(COCCOC)c1c(Br)cnn1C(C)C. The molecule has 1 aromatic rings. The Morgan fingerprint density at radius 1 is 1.40 bits per heavy atom. The molecule has 5 nitrogen and oxygen atoms in total. The first-order chi connectivity index (χ1) is 9.61. The molecular weight excluding hydrogens is 322 g/mol. The van der Waals surface area contributed by atoms with E-state index in [-0.39, 0.29) is 6.04 Å². The number of hydrogen-bond acceptors (Lipinski definition) is 4. The van der Waals surface area contributed by atoms with Gasteiger partial charge in [-0.05, 0) is 42.7 Å². The van der Waals surface area contributed by atoms with Gasteiger partial charge in [-0.3, -0.25) is 4.68 Å². The molecule has 1 unspecified atom stereocenters. The standard InChI is InChI=1S/C14H26BrN3O2/c1-5-6-16-13(10-20-8-7-19-4)14-12(15)9-17-18(14)11(2)3/h9,11,13,16H,5-8,10H2,1-4H3. The average molecular weight is 348 g/mol. The zero-order valence-electron chi connectivity index (χ0n) is 12.9. The Hall–Kier alpha value is -0.430. The molecule has 0 amide bonds. The van der Waals surface area contributed by atoms with Gasteiger partial charge in [-0.2, -0.15) is 5.10 Å². The molecule has 116 valence electrons. The number of aromatic nitrogens is 2. The van der Waals surface area contributed by atoms with Crippen molar-refractivity contribution in [1.29, 1.82) is 0 Å². The van der Waals surface area contributed by atoms with Crippen molar-refractivity contribution >= 4 is 15.9 Å². The lowest BCUT2D eigenvalue weighted by Crippen LogP contribution is -2.30. The maximum atomic E-state index is 5.70. The van der Waals surface area contributed by atoms with E-state index in [4.69, 9.17) is 9.47 Å². The van der Waals surface area contributed by atoms with Crippen LogP contribution >= 0.6 is 15.9 Å². The van der Waals surface area contributed by atoms with Crippen LogP contribution in [0.25, 0.3) is 0 Å². The van der Waals surface area contributed by atoms with Crippen molar-refractivity contribution in [2.75, 3.05) is 33.5 Å². The summed E-state index contributed by atoms with van der Waals surface area (Å²) in [5, 5.41) is 7.97. The van der Waals surface area contributed by atoms with Crippen LogP contribution in [-0.4, -0.2) is 43.3 Å². The van der Waals surface area contributed by atoms with Crippen molar-refractivity contribution in [3.8, 4) is 0 Å². The molecule has 0 saturated carbocycles. The Morgan fingerprint density at radius 2 is 2.15 bits per heavy atom. The number of rotatable bonds is 10. The first-order valence-corrected chi connectivity index (χ1v) is 7.94. The van der Waals surface area contributed by atoms with E-state index in [0.717, 1.165) is 23.1 Å². The van der Waals surface area contributed by atoms with Crippen LogP contribution in [0, 0.1) is 0 Å². The molecule has 6 heteroatoms. The number of halogens is 1. The average Bonchev–Trinajstić information content (AvgIpc) is 2.80. The molecule has 1 rings (SSSR count). The minimum atomic E-state index is 0.131. The highest BCUT2D eigenvalue weighted by Crippen LogP contribution is 2.26. The maximum absolute atomic E-state index is 5.70. The lowest BCUT2D eigenvalue weighted by molar-refractivity contribution is 0.0571. The molecule has 0 aliphatic rings. The maximum Gasteiger partial charge on any atom is 0.0741 e. The van der Waals surface area contributed by atoms with Crippen LogP contribution in [-0.2, 0) is 9.47 Å². The second kappa shape index (κ2) is 9.50. The van der Waals surface area contributed by atoms with E-state index in [2.05, 4.69) is 47.1 Å². The van der Waals surface area contributed by atoms with Gasteiger partial charge in [-0.25, -0.2) is 0 Å². The van der Waals surface area contributed by atoms with Gasteiger partial charge < -0.3 is 14.8 Å². The molecule has 0 saturated heterocycles. The fourth-order valence-electron chi connectivity index (χ4n) is 1.98. The van der Waals surface area contributed by atoms with Crippen molar-refractivity contribution in [1.82, 2.24) is 15.1 Å². The monoisotopic (exact) mass is 347 g/mol. The predicted molar refractivity (Wildman–Crippen MR) is 84.0 cm³/mol. The van der Waals surface area contributed by atoms with Gasteiger partial charge in [0.25, 0.3) is 0 Å². The third kappa shape index (κ3) is 5.16. The van der Waals surface area contributed by atoms with Gasteiger partial charge in [0, 0.05) is 13.2 Å². The highest BCUT2D eigenvalue weighted by molar-refractivity contribution is 9.10. The molecule has 0 aliphatic carbocycles. The molecule has 0 spiro atoms. The van der Waals surface area contributed by atoms with Crippen molar-refractivity contribution in [3.05, 3.63) is 16.4 Å². The van der Waals surface area contributed by atoms with Crippen LogP contribution in [0.15, 0.2) is 10.7 Å². The number of ether oxygens (including phenoxy) is 2. The van der Waals surface area contributed by atoms with Crippen molar-refractivity contribution in [3.63, 3.8) is 0 Å². The first kappa shape index (κ1) is 17.6. The summed E-state index contributed by atoms with van der Waals surface area (Å²) in [5.74, 6) is 0. The van der Waals surface area contributed by atoms with Gasteiger partial charge in [0.2, 0.25) is 0 Å². The third-order valence-electron chi connectivity index (χ3n) is 2.96. The Labute approximate surface area is 130 Å². The summed E-state index contributed by atoms with van der Waals surface area (Å²) in [6, 6.07) is 0.451. The summed E-state index contributed by atoms with van der Waals surface area (Å²) in [4.78, 5) is 0. The minimum absolute atomic E-state index is 0.131. The van der Waals surface area contributed by atoms with E-state index in [1.54, 1.807) is 7.11 Å². The van der Waals surface area contributed by atoms with Crippen molar-refractivity contribution in [2.24, 2.45) is 0 Å². The number of methoxy groups -OCH3 is 1. The molecule has 0 radical (unpaired) electrons. The Kier molecular flexibility index (Phi) is 8.37. The van der Waals surface area contributed by atoms with Gasteiger partial charge in [-0.1, -0.05) is 6.92 Å². The van der Waals surface area contributed by atoms with Crippen LogP contribution < -0.4 is 5.32 Å². The largest absolute Gasteiger partial charge is 0.382 e.